The van der Waals surface area contributed by atoms with Gasteiger partial charge in [-0.2, -0.15) is 5.26 Å². The van der Waals surface area contributed by atoms with E-state index in [0.29, 0.717) is 32.7 Å². The molecular formula is C25H19Cl2N3O3. The van der Waals surface area contributed by atoms with Crippen LogP contribution in [0, 0.1) is 18.3 Å². The van der Waals surface area contributed by atoms with Gasteiger partial charge in [-0.15, -0.1) is 0 Å². The third-order valence-corrected chi connectivity index (χ3v) is 5.12. The van der Waals surface area contributed by atoms with E-state index in [9.17, 15) is 14.9 Å². The van der Waals surface area contributed by atoms with E-state index in [1.807, 2.05) is 13.0 Å². The first kappa shape index (κ1) is 23.9. The number of amides is 2. The molecule has 0 spiro atoms. The van der Waals surface area contributed by atoms with E-state index in [-0.39, 0.29) is 18.1 Å². The Labute approximate surface area is 201 Å². The molecule has 3 aromatic rings. The Morgan fingerprint density at radius 2 is 1.76 bits per heavy atom. The maximum atomic E-state index is 12.5. The molecule has 33 heavy (non-hydrogen) atoms. The van der Waals surface area contributed by atoms with E-state index in [1.165, 1.54) is 6.08 Å². The SMILES string of the molecule is Cc1ccc(NC(=O)COc2ccccc2/C=C(/C#N)C(=O)Nc2cccc(Cl)c2)cc1Cl. The van der Waals surface area contributed by atoms with E-state index in [4.69, 9.17) is 27.9 Å². The van der Waals surface area contributed by atoms with Crippen LogP contribution in [0.25, 0.3) is 6.08 Å². The number of rotatable bonds is 7. The summed E-state index contributed by atoms with van der Waals surface area (Å²) in [5, 5.41) is 15.8. The van der Waals surface area contributed by atoms with Crippen molar-refractivity contribution >= 4 is 52.5 Å². The minimum atomic E-state index is -0.594. The molecule has 0 aliphatic rings. The highest BCUT2D eigenvalue weighted by Gasteiger charge is 2.12. The number of nitrogens with zero attached hydrogens (tertiary/aromatic N) is 1. The van der Waals surface area contributed by atoms with E-state index < -0.39 is 5.91 Å². The number of halogens is 2. The fourth-order valence-corrected chi connectivity index (χ4v) is 3.18. The Balaban J connectivity index is 1.69. The van der Waals surface area contributed by atoms with Crippen LogP contribution >= 0.6 is 23.2 Å². The third-order valence-electron chi connectivity index (χ3n) is 4.48. The zero-order valence-electron chi connectivity index (χ0n) is 17.6. The largest absolute Gasteiger partial charge is 0.483 e. The molecule has 0 aromatic heterocycles. The van der Waals surface area contributed by atoms with Crippen molar-refractivity contribution in [3.8, 4) is 11.8 Å². The summed E-state index contributed by atoms with van der Waals surface area (Å²) in [4.78, 5) is 24.8. The van der Waals surface area contributed by atoms with Gasteiger partial charge in [0.2, 0.25) is 0 Å². The van der Waals surface area contributed by atoms with Crippen molar-refractivity contribution in [2.75, 3.05) is 17.2 Å². The minimum Gasteiger partial charge on any atom is -0.483 e. The summed E-state index contributed by atoms with van der Waals surface area (Å²) < 4.78 is 5.64. The Morgan fingerprint density at radius 3 is 2.48 bits per heavy atom. The number of benzene rings is 3. The average Bonchev–Trinajstić information content (AvgIpc) is 2.79. The Bertz CT molecular complexity index is 1270. The molecule has 0 aliphatic carbocycles. The van der Waals surface area contributed by atoms with E-state index in [1.54, 1.807) is 66.7 Å². The zero-order valence-corrected chi connectivity index (χ0v) is 19.1. The van der Waals surface area contributed by atoms with Gasteiger partial charge < -0.3 is 15.4 Å². The fraction of sp³-hybridized carbons (Fsp3) is 0.0800. The number of hydrogen-bond donors (Lipinski definition) is 2. The number of nitriles is 1. The maximum Gasteiger partial charge on any atom is 0.266 e. The molecule has 0 radical (unpaired) electrons. The summed E-state index contributed by atoms with van der Waals surface area (Å²) in [6.07, 6.45) is 1.40. The first-order valence-electron chi connectivity index (χ1n) is 9.82. The molecule has 0 unspecified atom stereocenters. The summed E-state index contributed by atoms with van der Waals surface area (Å²) in [5.74, 6) is -0.630. The Hall–Kier alpha value is -3.79. The number of carbonyl (C=O) groups is 2. The number of para-hydroxylation sites is 1. The van der Waals surface area contributed by atoms with Gasteiger partial charge in [0.15, 0.2) is 6.61 Å². The van der Waals surface area contributed by atoms with Crippen LogP contribution in [0.4, 0.5) is 11.4 Å². The lowest BCUT2D eigenvalue weighted by atomic mass is 10.1. The van der Waals surface area contributed by atoms with E-state index in [2.05, 4.69) is 10.6 Å². The van der Waals surface area contributed by atoms with Gasteiger partial charge in [0.25, 0.3) is 11.8 Å². The van der Waals surface area contributed by atoms with Crippen LogP contribution in [0.2, 0.25) is 10.0 Å². The lowest BCUT2D eigenvalue weighted by Crippen LogP contribution is -2.20. The summed E-state index contributed by atoms with van der Waals surface area (Å²) >= 11 is 12.0. The lowest BCUT2D eigenvalue weighted by molar-refractivity contribution is -0.118. The monoisotopic (exact) mass is 479 g/mol. The van der Waals surface area contributed by atoms with Crippen molar-refractivity contribution in [3.05, 3.63) is 93.5 Å². The van der Waals surface area contributed by atoms with Gasteiger partial charge in [0, 0.05) is 27.0 Å². The van der Waals surface area contributed by atoms with Crippen LogP contribution in [0.15, 0.2) is 72.3 Å². The van der Waals surface area contributed by atoms with Gasteiger partial charge in [0.1, 0.15) is 17.4 Å². The van der Waals surface area contributed by atoms with Crippen molar-refractivity contribution in [1.82, 2.24) is 0 Å². The molecule has 0 aliphatic heterocycles. The van der Waals surface area contributed by atoms with Crippen LogP contribution in [-0.4, -0.2) is 18.4 Å². The molecule has 8 heteroatoms. The molecule has 166 valence electrons. The number of aryl methyl sites for hydroxylation is 1. The summed E-state index contributed by atoms with van der Waals surface area (Å²) in [7, 11) is 0. The standard InChI is InChI=1S/C25H19Cl2N3O3/c1-16-9-10-21(13-22(16)27)29-24(31)15-33-23-8-3-2-5-17(23)11-18(14-28)25(32)30-20-7-4-6-19(26)12-20/h2-13H,15H2,1H3,(H,29,31)(H,30,32)/b18-11-. The predicted octanol–water partition coefficient (Wildman–Crippen LogP) is 5.87. The van der Waals surface area contributed by atoms with Crippen LogP contribution in [0.3, 0.4) is 0 Å². The number of anilines is 2. The molecule has 2 N–H and O–H groups in total. The normalized spacial score (nSPS) is 10.8. The average molecular weight is 480 g/mol. The van der Waals surface area contributed by atoms with Crippen molar-refractivity contribution in [2.45, 2.75) is 6.92 Å². The highest BCUT2D eigenvalue weighted by molar-refractivity contribution is 6.31. The predicted molar refractivity (Wildman–Crippen MR) is 130 cm³/mol. The number of nitrogens with one attached hydrogen (secondary N) is 2. The van der Waals surface area contributed by atoms with E-state index >= 15 is 0 Å². The van der Waals surface area contributed by atoms with Gasteiger partial charge in [0.05, 0.1) is 0 Å². The molecule has 2 amide bonds. The molecule has 0 heterocycles. The van der Waals surface area contributed by atoms with Crippen LogP contribution < -0.4 is 15.4 Å². The summed E-state index contributed by atoms with van der Waals surface area (Å²) in [5.41, 5.74) is 2.26. The molecule has 0 saturated heterocycles. The van der Waals surface area contributed by atoms with Crippen molar-refractivity contribution in [2.24, 2.45) is 0 Å². The third kappa shape index (κ3) is 6.84. The molecule has 0 saturated carbocycles. The molecule has 3 rings (SSSR count). The zero-order chi connectivity index (χ0) is 23.8. The van der Waals surface area contributed by atoms with Gasteiger partial charge >= 0.3 is 0 Å². The molecule has 0 bridgehead atoms. The van der Waals surface area contributed by atoms with Gasteiger partial charge in [-0.05, 0) is 55.0 Å². The van der Waals surface area contributed by atoms with Crippen molar-refractivity contribution < 1.29 is 14.3 Å². The summed E-state index contributed by atoms with van der Waals surface area (Å²) in [6, 6.07) is 20.5. The van der Waals surface area contributed by atoms with Crippen LogP contribution in [0.1, 0.15) is 11.1 Å². The van der Waals surface area contributed by atoms with Crippen molar-refractivity contribution in [1.29, 1.82) is 5.26 Å². The highest BCUT2D eigenvalue weighted by atomic mass is 35.5. The number of carbonyl (C=O) groups excluding carboxylic acids is 2. The maximum absolute atomic E-state index is 12.5. The molecule has 0 fully saturated rings. The van der Waals surface area contributed by atoms with E-state index in [0.717, 1.165) is 5.56 Å². The van der Waals surface area contributed by atoms with Gasteiger partial charge in [-0.25, -0.2) is 0 Å². The Kier molecular flexibility index (Phi) is 8.09. The lowest BCUT2D eigenvalue weighted by Gasteiger charge is -2.11. The van der Waals surface area contributed by atoms with Gasteiger partial charge in [-0.3, -0.25) is 9.59 Å². The van der Waals surface area contributed by atoms with Crippen LogP contribution in [0.5, 0.6) is 5.75 Å². The quantitative estimate of drug-likeness (QED) is 0.327. The minimum absolute atomic E-state index is 0.134. The molecule has 3 aromatic carbocycles. The Morgan fingerprint density at radius 1 is 1.00 bits per heavy atom. The topological polar surface area (TPSA) is 91.2 Å². The number of ether oxygens (including phenoxy) is 1. The first-order valence-corrected chi connectivity index (χ1v) is 10.6. The first-order chi connectivity index (χ1) is 15.9. The second-order valence-electron chi connectivity index (χ2n) is 6.97. The van der Waals surface area contributed by atoms with Crippen LogP contribution in [-0.2, 0) is 9.59 Å². The number of hydrogen-bond acceptors (Lipinski definition) is 4. The fourth-order valence-electron chi connectivity index (χ4n) is 2.81. The highest BCUT2D eigenvalue weighted by Crippen LogP contribution is 2.23. The molecular weight excluding hydrogens is 461 g/mol. The second-order valence-corrected chi connectivity index (χ2v) is 7.82. The summed E-state index contributed by atoms with van der Waals surface area (Å²) in [6.45, 7) is 1.60. The molecule has 0 atom stereocenters. The second kappa shape index (κ2) is 11.2. The van der Waals surface area contributed by atoms with Crippen molar-refractivity contribution in [3.63, 3.8) is 0 Å². The molecule has 6 nitrogen and oxygen atoms in total. The smallest absolute Gasteiger partial charge is 0.266 e. The van der Waals surface area contributed by atoms with Gasteiger partial charge in [-0.1, -0.05) is 53.5 Å².